The van der Waals surface area contributed by atoms with Crippen molar-refractivity contribution in [3.8, 4) is 0 Å². The van der Waals surface area contributed by atoms with E-state index in [0.717, 1.165) is 39.1 Å². The Labute approximate surface area is 305 Å². The quantitative estimate of drug-likeness (QED) is 0.0459. The molecular weight excluding hydrogens is 764 g/mol. The highest BCUT2D eigenvalue weighted by molar-refractivity contribution is 8.26. The maximum atomic E-state index is 5.82. The summed E-state index contributed by atoms with van der Waals surface area (Å²) in [6.45, 7) is 4.58. The molecule has 2 saturated heterocycles. The van der Waals surface area contributed by atoms with Crippen LogP contribution in [0.1, 0.15) is 20.3 Å². The van der Waals surface area contributed by atoms with E-state index in [1.165, 1.54) is 63.9 Å². The van der Waals surface area contributed by atoms with Crippen LogP contribution in [-0.4, -0.2) is 110 Å². The first-order chi connectivity index (χ1) is 18.3. The summed E-state index contributed by atoms with van der Waals surface area (Å²) in [6, 6.07) is 0. The van der Waals surface area contributed by atoms with Crippen LogP contribution < -0.4 is 0 Å². The largest absolute Gasteiger partial charge is 0.179 e. The van der Waals surface area contributed by atoms with Gasteiger partial charge in [0.15, 0.2) is 0 Å². The number of thioether (sulfide) groups is 9. The van der Waals surface area contributed by atoms with Crippen molar-refractivity contribution < 1.29 is 0 Å². The second-order valence-electron chi connectivity index (χ2n) is 7.89. The van der Waals surface area contributed by atoms with Gasteiger partial charge in [0.1, 0.15) is 4.84 Å². The Kier molecular flexibility index (Phi) is 33.5. The van der Waals surface area contributed by atoms with Crippen molar-refractivity contribution in [2.24, 2.45) is 0 Å². The van der Waals surface area contributed by atoms with Crippen LogP contribution in [-0.2, 0) is 0 Å². The van der Waals surface area contributed by atoms with Crippen LogP contribution in [0.25, 0.3) is 0 Å². The van der Waals surface area contributed by atoms with Gasteiger partial charge in [-0.25, -0.2) is 0 Å². The predicted molar refractivity (Wildman–Crippen MR) is 223 cm³/mol. The van der Waals surface area contributed by atoms with Gasteiger partial charge < -0.3 is 0 Å². The fourth-order valence-electron chi connectivity index (χ4n) is 2.79. The minimum atomic E-state index is -0.247. The van der Waals surface area contributed by atoms with Gasteiger partial charge in [-0.15, -0.1) is 93.8 Å². The fraction of sp³-hybridized carbons (Fsp3) is 1.00. The minimum absolute atomic E-state index is 0.0430. The van der Waals surface area contributed by atoms with Crippen LogP contribution in [0.4, 0.5) is 0 Å². The molecule has 0 aromatic carbocycles. The van der Waals surface area contributed by atoms with Gasteiger partial charge in [-0.05, 0) is 54.8 Å². The standard InChI is InChI=1S/C13H26S8.C6H10Cl2S2.C4H10S3/c1-13(20-10-11-21-13)12(18-8-6-16-4-2-14)19-9-7-17-5-3-15;1-6(5(7)8)9-3-2-4-10-6;5-1-3-7-4-2-6/h12,14-15H,2-11H2,1H3;5H,2-4H2,1H3;5-6H,1-4H2. The Balaban J connectivity index is 0.000000661. The molecule has 15 heteroatoms. The van der Waals surface area contributed by atoms with Gasteiger partial charge >= 0.3 is 0 Å². The van der Waals surface area contributed by atoms with Crippen molar-refractivity contribution in [1.29, 1.82) is 0 Å². The van der Waals surface area contributed by atoms with E-state index in [2.05, 4.69) is 111 Å². The zero-order valence-corrected chi connectivity index (χ0v) is 34.8. The van der Waals surface area contributed by atoms with Crippen LogP contribution in [0.2, 0.25) is 0 Å². The Hall–Kier alpha value is 5.13. The van der Waals surface area contributed by atoms with E-state index in [4.69, 9.17) is 23.2 Å². The summed E-state index contributed by atoms with van der Waals surface area (Å²) >= 11 is 46.7. The number of alkyl halides is 2. The predicted octanol–water partition coefficient (Wildman–Crippen LogP) is 10.3. The monoisotopic (exact) mass is 808 g/mol. The lowest BCUT2D eigenvalue weighted by Crippen LogP contribution is -2.28. The third-order valence-corrected chi connectivity index (χ3v) is 22.2. The van der Waals surface area contributed by atoms with Crippen LogP contribution in [0.5, 0.6) is 0 Å². The van der Waals surface area contributed by atoms with E-state index in [-0.39, 0.29) is 8.92 Å². The zero-order valence-electron chi connectivity index (χ0n) is 22.4. The lowest BCUT2D eigenvalue weighted by atomic mass is 10.5. The molecule has 0 aromatic rings. The first-order valence-corrected chi connectivity index (χ1v) is 25.4. The number of rotatable bonds is 18. The molecule has 0 atom stereocenters. The Morgan fingerprint density at radius 3 is 1.29 bits per heavy atom. The summed E-state index contributed by atoms with van der Waals surface area (Å²) in [5.41, 5.74) is 0. The zero-order chi connectivity index (χ0) is 28.5. The summed E-state index contributed by atoms with van der Waals surface area (Å²) in [6.07, 6.45) is 1.28. The van der Waals surface area contributed by atoms with Gasteiger partial charge in [-0.2, -0.15) is 85.8 Å². The highest BCUT2D eigenvalue weighted by Gasteiger charge is 2.39. The van der Waals surface area contributed by atoms with Crippen LogP contribution in [0.3, 0.4) is 0 Å². The maximum Gasteiger partial charge on any atom is 0.131 e. The summed E-state index contributed by atoms with van der Waals surface area (Å²) in [4.78, 5) is -0.247. The first kappa shape index (κ1) is 43.1. The summed E-state index contributed by atoms with van der Waals surface area (Å²) in [5, 5.41) is 0. The third-order valence-electron chi connectivity index (χ3n) is 4.69. The van der Waals surface area contributed by atoms with Crippen molar-refractivity contribution in [3.63, 3.8) is 0 Å². The maximum absolute atomic E-state index is 5.82. The highest BCUT2D eigenvalue weighted by Crippen LogP contribution is 2.53. The molecule has 0 radical (unpaired) electrons. The molecule has 0 aliphatic carbocycles. The van der Waals surface area contributed by atoms with Crippen LogP contribution >= 0.6 is 180 Å². The van der Waals surface area contributed by atoms with E-state index >= 15 is 0 Å². The average molecular weight is 810 g/mol. The lowest BCUT2D eigenvalue weighted by molar-refractivity contribution is 0.945. The molecule has 0 bridgehead atoms. The molecule has 2 fully saturated rings. The van der Waals surface area contributed by atoms with Crippen molar-refractivity contribution >= 4 is 180 Å². The molecule has 0 aromatic heterocycles. The van der Waals surface area contributed by atoms with E-state index in [9.17, 15) is 0 Å². The molecule has 0 N–H and O–H groups in total. The van der Waals surface area contributed by atoms with Crippen molar-refractivity contribution in [3.05, 3.63) is 0 Å². The molecule has 0 unspecified atom stereocenters. The SMILES string of the molecule is CC1(C(Cl)Cl)SCCCS1.CC1(C(SCCSCCS)SCCSCCS)SCCS1.SCCSCCS. The number of halogens is 2. The molecule has 2 heterocycles. The Bertz CT molecular complexity index is 490. The number of hydrogen-bond acceptors (Lipinski definition) is 13. The van der Waals surface area contributed by atoms with Crippen LogP contribution in [0.15, 0.2) is 0 Å². The number of hydrogen-bond donors (Lipinski definition) is 4. The lowest BCUT2D eigenvalue weighted by Gasteiger charge is -2.33. The molecule has 0 saturated carbocycles. The van der Waals surface area contributed by atoms with Crippen molar-refractivity contribution in [1.82, 2.24) is 0 Å². The molecule has 2 aliphatic rings. The van der Waals surface area contributed by atoms with Gasteiger partial charge in [0.05, 0.1) is 12.7 Å². The highest BCUT2D eigenvalue weighted by atomic mass is 35.5. The molecule has 0 nitrogen and oxygen atoms in total. The number of thiol groups is 4. The van der Waals surface area contributed by atoms with Gasteiger partial charge in [0, 0.05) is 57.5 Å². The Morgan fingerprint density at radius 1 is 0.579 bits per heavy atom. The van der Waals surface area contributed by atoms with Crippen LogP contribution in [0, 0.1) is 0 Å². The van der Waals surface area contributed by atoms with E-state index in [1.807, 2.05) is 58.8 Å². The molecule has 2 rings (SSSR count). The fourth-order valence-corrected chi connectivity index (χ4v) is 16.8. The van der Waals surface area contributed by atoms with Crippen molar-refractivity contribution in [2.75, 3.05) is 92.0 Å². The van der Waals surface area contributed by atoms with Gasteiger partial charge in [0.25, 0.3) is 0 Å². The third kappa shape index (κ3) is 22.6. The second-order valence-corrected chi connectivity index (χ2v) is 23.9. The first-order valence-electron chi connectivity index (χ1n) is 12.5. The summed E-state index contributed by atoms with van der Waals surface area (Å²) < 4.78 is 1.18. The topological polar surface area (TPSA) is 0 Å². The normalized spacial score (nSPS) is 18.2. The molecule has 2 aliphatic heterocycles. The van der Waals surface area contributed by atoms with Gasteiger partial charge in [-0.3, -0.25) is 0 Å². The molecule has 0 spiro atoms. The van der Waals surface area contributed by atoms with Gasteiger partial charge in [-0.1, -0.05) is 0 Å². The van der Waals surface area contributed by atoms with E-state index < -0.39 is 0 Å². The smallest absolute Gasteiger partial charge is 0.131 e. The second kappa shape index (κ2) is 29.5. The van der Waals surface area contributed by atoms with Gasteiger partial charge in [0.2, 0.25) is 0 Å². The van der Waals surface area contributed by atoms with Crippen molar-refractivity contribution in [2.45, 2.75) is 37.8 Å². The molecule has 0 amide bonds. The van der Waals surface area contributed by atoms with E-state index in [0.29, 0.717) is 4.08 Å². The summed E-state index contributed by atoms with van der Waals surface area (Å²) in [5.74, 6) is 18.8. The average Bonchev–Trinajstić information content (AvgIpc) is 3.36. The minimum Gasteiger partial charge on any atom is -0.179 e. The summed E-state index contributed by atoms with van der Waals surface area (Å²) in [7, 11) is 0. The molecule has 230 valence electrons. The Morgan fingerprint density at radius 2 is 0.947 bits per heavy atom. The van der Waals surface area contributed by atoms with E-state index in [1.54, 1.807) is 0 Å². The molecular formula is C23H46Cl2S13. The molecule has 38 heavy (non-hydrogen) atoms.